The van der Waals surface area contributed by atoms with Crippen LogP contribution in [-0.4, -0.2) is 20.1 Å². The summed E-state index contributed by atoms with van der Waals surface area (Å²) in [5.41, 5.74) is 8.53. The van der Waals surface area contributed by atoms with Gasteiger partial charge in [0.2, 0.25) is 0 Å². The smallest absolute Gasteiger partial charge is 0.257 e. The number of nitrogen functional groups attached to an aromatic ring is 1. The molecule has 22 heavy (non-hydrogen) atoms. The Morgan fingerprint density at radius 3 is 2.23 bits per heavy atom. The van der Waals surface area contributed by atoms with E-state index < -0.39 is 0 Å². The SMILES string of the molecule is CCc1ccc(NC(=O)c2cc(OC)c(OC)cc2N)cc1. The molecule has 0 bridgehead atoms. The fraction of sp³-hybridized carbons (Fsp3) is 0.235. The Bertz CT molecular complexity index is 666. The third-order valence-corrected chi connectivity index (χ3v) is 3.42. The molecule has 2 rings (SSSR count). The van der Waals surface area contributed by atoms with Gasteiger partial charge < -0.3 is 20.5 Å². The molecule has 5 heteroatoms. The molecule has 3 N–H and O–H groups in total. The van der Waals surface area contributed by atoms with Gasteiger partial charge in [0.1, 0.15) is 0 Å². The predicted molar refractivity (Wildman–Crippen MR) is 87.7 cm³/mol. The minimum atomic E-state index is -0.289. The van der Waals surface area contributed by atoms with E-state index >= 15 is 0 Å². The van der Waals surface area contributed by atoms with Gasteiger partial charge >= 0.3 is 0 Å². The number of carbonyl (C=O) groups is 1. The summed E-state index contributed by atoms with van der Waals surface area (Å²) in [5.74, 6) is 0.662. The van der Waals surface area contributed by atoms with Gasteiger partial charge in [-0.05, 0) is 30.2 Å². The van der Waals surface area contributed by atoms with E-state index in [0.29, 0.717) is 22.7 Å². The van der Waals surface area contributed by atoms with Crippen molar-refractivity contribution < 1.29 is 14.3 Å². The van der Waals surface area contributed by atoms with Crippen molar-refractivity contribution in [1.82, 2.24) is 0 Å². The highest BCUT2D eigenvalue weighted by Crippen LogP contribution is 2.32. The molecule has 0 saturated heterocycles. The number of anilines is 2. The van der Waals surface area contributed by atoms with E-state index in [1.807, 2.05) is 24.3 Å². The minimum Gasteiger partial charge on any atom is -0.493 e. The van der Waals surface area contributed by atoms with Crippen LogP contribution in [0.25, 0.3) is 0 Å². The minimum absolute atomic E-state index is 0.289. The number of benzene rings is 2. The molecule has 2 aromatic rings. The van der Waals surface area contributed by atoms with E-state index in [1.165, 1.54) is 19.8 Å². The first kappa shape index (κ1) is 15.7. The van der Waals surface area contributed by atoms with Gasteiger partial charge in [-0.3, -0.25) is 4.79 Å². The van der Waals surface area contributed by atoms with Crippen molar-refractivity contribution in [3.8, 4) is 11.5 Å². The lowest BCUT2D eigenvalue weighted by molar-refractivity contribution is 0.102. The molecule has 5 nitrogen and oxygen atoms in total. The third kappa shape index (κ3) is 3.31. The Kier molecular flexibility index (Phi) is 4.88. The molecule has 0 saturated carbocycles. The van der Waals surface area contributed by atoms with E-state index in [0.717, 1.165) is 12.1 Å². The first-order valence-corrected chi connectivity index (χ1v) is 7.00. The topological polar surface area (TPSA) is 73.6 Å². The highest BCUT2D eigenvalue weighted by molar-refractivity contribution is 6.08. The van der Waals surface area contributed by atoms with Crippen LogP contribution in [0, 0.1) is 0 Å². The molecule has 0 aliphatic carbocycles. The van der Waals surface area contributed by atoms with Gasteiger partial charge in [-0.15, -0.1) is 0 Å². The van der Waals surface area contributed by atoms with E-state index in [2.05, 4.69) is 12.2 Å². The molecular formula is C17H20N2O3. The van der Waals surface area contributed by atoms with Crippen LogP contribution < -0.4 is 20.5 Å². The first-order valence-electron chi connectivity index (χ1n) is 7.00. The standard InChI is InChI=1S/C17H20N2O3/c1-4-11-5-7-12(8-6-11)19-17(20)13-9-15(21-2)16(22-3)10-14(13)18/h5-10H,4,18H2,1-3H3,(H,19,20). The summed E-state index contributed by atoms with van der Waals surface area (Å²) < 4.78 is 10.4. The number of hydrogen-bond acceptors (Lipinski definition) is 4. The van der Waals surface area contributed by atoms with Crippen molar-refractivity contribution in [2.45, 2.75) is 13.3 Å². The normalized spacial score (nSPS) is 10.1. The second kappa shape index (κ2) is 6.85. The summed E-state index contributed by atoms with van der Waals surface area (Å²) in [5, 5.41) is 2.82. The number of nitrogens with two attached hydrogens (primary N) is 1. The molecule has 0 aliphatic heterocycles. The number of rotatable bonds is 5. The second-order valence-electron chi connectivity index (χ2n) is 4.80. The van der Waals surface area contributed by atoms with Crippen LogP contribution in [0.5, 0.6) is 11.5 Å². The zero-order chi connectivity index (χ0) is 16.1. The van der Waals surface area contributed by atoms with E-state index in [4.69, 9.17) is 15.2 Å². The van der Waals surface area contributed by atoms with E-state index in [1.54, 1.807) is 12.1 Å². The van der Waals surface area contributed by atoms with Crippen LogP contribution in [0.4, 0.5) is 11.4 Å². The van der Waals surface area contributed by atoms with Crippen LogP contribution in [0.15, 0.2) is 36.4 Å². The Hall–Kier alpha value is -2.69. The molecule has 0 aromatic heterocycles. The molecule has 0 unspecified atom stereocenters. The van der Waals surface area contributed by atoms with Gasteiger partial charge in [0.15, 0.2) is 11.5 Å². The largest absolute Gasteiger partial charge is 0.493 e. The number of ether oxygens (including phenoxy) is 2. The Morgan fingerprint density at radius 2 is 1.68 bits per heavy atom. The maximum atomic E-state index is 12.4. The number of aryl methyl sites for hydroxylation is 1. The summed E-state index contributed by atoms with van der Waals surface area (Å²) in [6.45, 7) is 2.08. The molecule has 0 aliphatic rings. The first-order chi connectivity index (χ1) is 10.6. The van der Waals surface area contributed by atoms with Crippen molar-refractivity contribution in [2.24, 2.45) is 0 Å². The summed E-state index contributed by atoms with van der Waals surface area (Å²) in [7, 11) is 3.03. The highest BCUT2D eigenvalue weighted by Gasteiger charge is 2.15. The lowest BCUT2D eigenvalue weighted by atomic mass is 10.1. The average molecular weight is 300 g/mol. The Balaban J connectivity index is 2.24. The number of hydrogen-bond donors (Lipinski definition) is 2. The molecule has 1 amide bonds. The zero-order valence-corrected chi connectivity index (χ0v) is 13.0. The van der Waals surface area contributed by atoms with Crippen LogP contribution >= 0.6 is 0 Å². The Labute approximate surface area is 130 Å². The van der Waals surface area contributed by atoms with Crippen molar-refractivity contribution in [2.75, 3.05) is 25.3 Å². The highest BCUT2D eigenvalue weighted by atomic mass is 16.5. The second-order valence-corrected chi connectivity index (χ2v) is 4.80. The van der Waals surface area contributed by atoms with Crippen molar-refractivity contribution in [1.29, 1.82) is 0 Å². The van der Waals surface area contributed by atoms with Gasteiger partial charge in [-0.1, -0.05) is 19.1 Å². The molecule has 0 spiro atoms. The molecule has 0 atom stereocenters. The monoisotopic (exact) mass is 300 g/mol. The van der Waals surface area contributed by atoms with Crippen LogP contribution in [-0.2, 0) is 6.42 Å². The summed E-state index contributed by atoms with van der Waals surface area (Å²) in [6.07, 6.45) is 0.955. The number of methoxy groups -OCH3 is 2. The number of amides is 1. The van der Waals surface area contributed by atoms with Gasteiger partial charge in [-0.2, -0.15) is 0 Å². The quantitative estimate of drug-likeness (QED) is 0.832. The summed E-state index contributed by atoms with van der Waals surface area (Å²) >= 11 is 0. The van der Waals surface area contributed by atoms with Gasteiger partial charge in [0, 0.05) is 17.4 Å². The maximum Gasteiger partial charge on any atom is 0.257 e. The van der Waals surface area contributed by atoms with Crippen LogP contribution in [0.3, 0.4) is 0 Å². The lowest BCUT2D eigenvalue weighted by Gasteiger charge is -2.12. The van der Waals surface area contributed by atoms with Crippen molar-refractivity contribution in [3.63, 3.8) is 0 Å². The summed E-state index contributed by atoms with van der Waals surface area (Å²) in [4.78, 5) is 12.4. The van der Waals surface area contributed by atoms with Crippen LogP contribution in [0.1, 0.15) is 22.8 Å². The fourth-order valence-electron chi connectivity index (χ4n) is 2.11. The van der Waals surface area contributed by atoms with Crippen LogP contribution in [0.2, 0.25) is 0 Å². The van der Waals surface area contributed by atoms with Crippen molar-refractivity contribution in [3.05, 3.63) is 47.5 Å². The van der Waals surface area contributed by atoms with E-state index in [-0.39, 0.29) is 5.91 Å². The van der Waals surface area contributed by atoms with Gasteiger partial charge in [0.25, 0.3) is 5.91 Å². The van der Waals surface area contributed by atoms with Gasteiger partial charge in [-0.25, -0.2) is 0 Å². The number of nitrogens with one attached hydrogen (secondary N) is 1. The average Bonchev–Trinajstić information content (AvgIpc) is 2.55. The van der Waals surface area contributed by atoms with Crippen molar-refractivity contribution >= 4 is 17.3 Å². The molecule has 0 heterocycles. The lowest BCUT2D eigenvalue weighted by Crippen LogP contribution is -2.14. The molecule has 2 aromatic carbocycles. The van der Waals surface area contributed by atoms with E-state index in [9.17, 15) is 4.79 Å². The van der Waals surface area contributed by atoms with Gasteiger partial charge in [0.05, 0.1) is 19.8 Å². The maximum absolute atomic E-state index is 12.4. The molecule has 0 radical (unpaired) electrons. The number of carbonyl (C=O) groups excluding carboxylic acids is 1. The fourth-order valence-corrected chi connectivity index (χ4v) is 2.11. The zero-order valence-electron chi connectivity index (χ0n) is 13.0. The summed E-state index contributed by atoms with van der Waals surface area (Å²) in [6, 6.07) is 10.8. The molecular weight excluding hydrogens is 280 g/mol. The Morgan fingerprint density at radius 1 is 1.09 bits per heavy atom. The molecule has 116 valence electrons. The predicted octanol–water partition coefficient (Wildman–Crippen LogP) is 3.10. The molecule has 0 fully saturated rings. The third-order valence-electron chi connectivity index (χ3n) is 3.42.